The maximum Gasteiger partial charge on any atom is 0.472 e. The van der Waals surface area contributed by atoms with Crippen molar-refractivity contribution < 1.29 is 52.2 Å². The van der Waals surface area contributed by atoms with Crippen LogP contribution in [0.2, 0.25) is 0 Å². The molecule has 3 atom stereocenters. The number of esters is 3. The molecule has 0 saturated heterocycles. The summed E-state index contributed by atoms with van der Waals surface area (Å²) in [6.45, 7) is 4.62. The Morgan fingerprint density at radius 1 is 0.362 bits per heavy atom. The Morgan fingerprint density at radius 2 is 0.650 bits per heavy atom. The molecule has 0 aliphatic carbocycles. The molecule has 11 nitrogen and oxygen atoms in total. The fourth-order valence-corrected chi connectivity index (χ4v) is 10.7. The zero-order valence-electron chi connectivity index (χ0n) is 52.3. The van der Waals surface area contributed by atoms with Crippen LogP contribution in [0.3, 0.4) is 0 Å². The van der Waals surface area contributed by atoms with Gasteiger partial charge in [-0.05, 0) is 51.4 Å². The number of hydrogen-bond acceptors (Lipinski definition) is 10. The fraction of sp³-hybridized carbons (Fsp3) is 0.868. The van der Waals surface area contributed by atoms with Gasteiger partial charge in [0.25, 0.3) is 0 Å². The number of rotatable bonds is 64. The lowest BCUT2D eigenvalue weighted by atomic mass is 10.0. The second-order valence-corrected chi connectivity index (χ2v) is 24.4. The Bertz CT molecular complexity index is 1480. The van der Waals surface area contributed by atoms with E-state index >= 15 is 0 Å². The number of hydrogen-bond donors (Lipinski definition) is 2. The van der Waals surface area contributed by atoms with Crippen LogP contribution in [0.4, 0.5) is 0 Å². The zero-order valence-corrected chi connectivity index (χ0v) is 53.2. The van der Waals surface area contributed by atoms with Gasteiger partial charge in [0.05, 0.1) is 19.8 Å². The molecule has 0 aliphatic rings. The molecule has 470 valence electrons. The fourth-order valence-electron chi connectivity index (χ4n) is 9.96. The summed E-state index contributed by atoms with van der Waals surface area (Å²) in [6, 6.07) is 0. The number of phosphoric acid groups is 1. The molecule has 0 bridgehead atoms. The quantitative estimate of drug-likeness (QED) is 0.0197. The highest BCUT2D eigenvalue weighted by Gasteiger charge is 2.28. The van der Waals surface area contributed by atoms with Crippen LogP contribution in [0.5, 0.6) is 0 Å². The topological polar surface area (TPSA) is 155 Å². The molecule has 3 unspecified atom stereocenters. The number of unbranched alkanes of at least 4 members (excludes halogenated alkanes) is 41. The highest BCUT2D eigenvalue weighted by atomic mass is 31.2. The van der Waals surface area contributed by atoms with Crippen LogP contribution in [0.1, 0.15) is 342 Å². The third kappa shape index (κ3) is 60.3. The Kier molecular flexibility index (Phi) is 60.9. The molecule has 12 heteroatoms. The summed E-state index contributed by atoms with van der Waals surface area (Å²) < 4.78 is 39.8. The molecule has 0 heterocycles. The molecule has 0 amide bonds. The first kappa shape index (κ1) is 77.7. The first-order chi connectivity index (χ1) is 39.2. The average Bonchev–Trinajstić information content (AvgIpc) is 3.45. The molecule has 0 spiro atoms. The number of aliphatic hydroxyl groups excluding tert-OH is 1. The van der Waals surface area contributed by atoms with Crippen molar-refractivity contribution in [2.45, 2.75) is 354 Å². The zero-order chi connectivity index (χ0) is 58.3. The van der Waals surface area contributed by atoms with E-state index in [-0.39, 0.29) is 25.9 Å². The van der Waals surface area contributed by atoms with Crippen LogP contribution in [0.25, 0.3) is 0 Å². The van der Waals surface area contributed by atoms with Gasteiger partial charge in [-0.2, -0.15) is 0 Å². The van der Waals surface area contributed by atoms with Gasteiger partial charge in [-0.1, -0.05) is 308 Å². The summed E-state index contributed by atoms with van der Waals surface area (Å²) in [7, 11) is -4.75. The molecule has 80 heavy (non-hydrogen) atoms. The minimum Gasteiger partial charge on any atom is -0.462 e. The Morgan fingerprint density at radius 3 is 1.00 bits per heavy atom. The molecule has 0 radical (unpaired) electrons. The van der Waals surface area contributed by atoms with Crippen molar-refractivity contribution in [3.8, 4) is 0 Å². The van der Waals surface area contributed by atoms with Crippen LogP contribution in [-0.4, -0.2) is 66.5 Å². The normalized spacial score (nSPS) is 13.4. The number of phosphoric ester groups is 1. The van der Waals surface area contributed by atoms with Crippen molar-refractivity contribution in [3.05, 3.63) is 36.5 Å². The van der Waals surface area contributed by atoms with E-state index in [9.17, 15) is 28.9 Å². The average molecular weight is 1150 g/mol. The Labute approximate surface area is 492 Å². The first-order valence-corrected chi connectivity index (χ1v) is 35.4. The van der Waals surface area contributed by atoms with Gasteiger partial charge in [0.1, 0.15) is 12.7 Å². The summed E-state index contributed by atoms with van der Waals surface area (Å²) >= 11 is 0. The lowest BCUT2D eigenvalue weighted by Gasteiger charge is -2.21. The summed E-state index contributed by atoms with van der Waals surface area (Å²) in [5.74, 6) is -1.44. The van der Waals surface area contributed by atoms with E-state index in [1.807, 2.05) is 0 Å². The number of allylic oxidation sites excluding steroid dienone is 6. The molecule has 0 aromatic carbocycles. The second-order valence-electron chi connectivity index (χ2n) is 23.0. The summed E-state index contributed by atoms with van der Waals surface area (Å²) in [5, 5.41) is 9.87. The largest absolute Gasteiger partial charge is 0.472 e. The van der Waals surface area contributed by atoms with Gasteiger partial charge in [-0.15, -0.1) is 0 Å². The highest BCUT2D eigenvalue weighted by Crippen LogP contribution is 2.43. The van der Waals surface area contributed by atoms with Gasteiger partial charge in [0.15, 0.2) is 6.10 Å². The third-order valence-corrected chi connectivity index (χ3v) is 16.0. The molecule has 0 fully saturated rings. The van der Waals surface area contributed by atoms with E-state index in [1.165, 1.54) is 193 Å². The lowest BCUT2D eigenvalue weighted by molar-refractivity contribution is -0.161. The van der Waals surface area contributed by atoms with E-state index in [0.717, 1.165) is 89.9 Å². The predicted octanol–water partition coefficient (Wildman–Crippen LogP) is 20.7. The van der Waals surface area contributed by atoms with E-state index in [2.05, 4.69) is 57.2 Å². The molecular weight excluding hydrogens is 1020 g/mol. The second kappa shape index (κ2) is 62.7. The summed E-state index contributed by atoms with van der Waals surface area (Å²) in [4.78, 5) is 48.8. The van der Waals surface area contributed by atoms with Crippen LogP contribution in [-0.2, 0) is 42.2 Å². The van der Waals surface area contributed by atoms with Crippen molar-refractivity contribution in [2.75, 3.05) is 26.4 Å². The van der Waals surface area contributed by atoms with Crippen molar-refractivity contribution >= 4 is 25.7 Å². The molecular formula is C68H127O11P. The van der Waals surface area contributed by atoms with Crippen LogP contribution >= 0.6 is 7.82 Å². The molecule has 0 aliphatic heterocycles. The molecule has 2 N–H and O–H groups in total. The Balaban J connectivity index is 4.64. The minimum absolute atomic E-state index is 0.161. The van der Waals surface area contributed by atoms with Crippen molar-refractivity contribution in [2.24, 2.45) is 0 Å². The van der Waals surface area contributed by atoms with Gasteiger partial charge in [0.2, 0.25) is 0 Å². The molecule has 0 saturated carbocycles. The van der Waals surface area contributed by atoms with Crippen molar-refractivity contribution in [1.82, 2.24) is 0 Å². The van der Waals surface area contributed by atoms with Crippen LogP contribution in [0, 0.1) is 0 Å². The maximum absolute atomic E-state index is 13.0. The number of ether oxygens (including phenoxy) is 3. The minimum atomic E-state index is -4.75. The van der Waals surface area contributed by atoms with E-state index in [1.54, 1.807) is 0 Å². The number of carbonyl (C=O) groups is 3. The molecule has 0 aromatic rings. The van der Waals surface area contributed by atoms with Crippen molar-refractivity contribution in [3.63, 3.8) is 0 Å². The van der Waals surface area contributed by atoms with Gasteiger partial charge >= 0.3 is 25.7 Å². The van der Waals surface area contributed by atoms with Gasteiger partial charge in [-0.3, -0.25) is 23.4 Å². The maximum atomic E-state index is 13.0. The number of carbonyl (C=O) groups excluding carboxylic acids is 3. The molecule has 0 rings (SSSR count). The standard InChI is InChI=1S/C68H127O11P/c1-4-7-10-13-16-19-22-25-28-31-32-35-36-39-42-45-48-51-54-57-66(70)75-61-65(79-68(72)59-56-53-50-47-44-41-38-34-30-27-24-21-18-15-12-9-6-3)63-77-80(73,74)76-62-64(60-69)78-67(71)58-55-52-49-46-43-40-37-33-29-26-23-20-17-14-11-8-5-2/h9,12,18,21,27,30,64-65,69H,4-8,10-11,13-17,19-20,22-26,28-29,31-63H2,1-3H3,(H,73,74)/b12-9-,21-18-,30-27-. The van der Waals surface area contributed by atoms with Crippen molar-refractivity contribution in [1.29, 1.82) is 0 Å². The van der Waals surface area contributed by atoms with Gasteiger partial charge in [0, 0.05) is 19.3 Å². The SMILES string of the molecule is CC/C=C\C/C=C\C/C=C\CCCCCCCCCC(=O)OC(COC(=O)CCCCCCCCCCCCCCCCCCCCC)COP(=O)(O)OCC(CO)OC(=O)CCCCCCCCCCCCCCCCCCC. The van der Waals surface area contributed by atoms with E-state index in [0.29, 0.717) is 19.3 Å². The smallest absolute Gasteiger partial charge is 0.462 e. The first-order valence-electron chi connectivity index (χ1n) is 33.9. The molecule has 0 aromatic heterocycles. The third-order valence-electron chi connectivity index (χ3n) is 15.1. The lowest BCUT2D eigenvalue weighted by Crippen LogP contribution is -2.30. The van der Waals surface area contributed by atoms with Crippen LogP contribution < -0.4 is 0 Å². The predicted molar refractivity (Wildman–Crippen MR) is 335 cm³/mol. The summed E-state index contributed by atoms with van der Waals surface area (Å²) in [6.07, 6.45) is 68.1. The highest BCUT2D eigenvalue weighted by molar-refractivity contribution is 7.47. The van der Waals surface area contributed by atoms with Crippen LogP contribution in [0.15, 0.2) is 36.5 Å². The van der Waals surface area contributed by atoms with E-state index in [4.69, 9.17) is 23.3 Å². The number of aliphatic hydroxyl groups is 1. The van der Waals surface area contributed by atoms with E-state index < -0.39 is 57.8 Å². The van der Waals surface area contributed by atoms with Gasteiger partial charge in [-0.25, -0.2) is 4.57 Å². The summed E-state index contributed by atoms with van der Waals surface area (Å²) in [5.41, 5.74) is 0. The Hall–Kier alpha value is -2.30. The van der Waals surface area contributed by atoms with Gasteiger partial charge < -0.3 is 24.2 Å². The monoisotopic (exact) mass is 1150 g/mol.